The molecule has 0 radical (unpaired) electrons. The van der Waals surface area contributed by atoms with Gasteiger partial charge in [-0.3, -0.25) is 4.68 Å². The van der Waals surface area contributed by atoms with Gasteiger partial charge in [-0.15, -0.1) is 0 Å². The number of nitrogens with two attached hydrogens (primary N) is 1. The molecule has 1 aromatic heterocycles. The Morgan fingerprint density at radius 2 is 2.05 bits per heavy atom. The predicted molar refractivity (Wildman–Crippen MR) is 69.7 cm³/mol. The molecule has 1 heterocycles. The van der Waals surface area contributed by atoms with Crippen molar-refractivity contribution in [3.05, 3.63) is 41.7 Å². The molecule has 0 aliphatic heterocycles. The minimum atomic E-state index is -0.533. The number of esters is 1. The summed E-state index contributed by atoms with van der Waals surface area (Å²) in [5, 5.41) is 3.95. The van der Waals surface area contributed by atoms with Crippen molar-refractivity contribution < 1.29 is 14.3 Å². The van der Waals surface area contributed by atoms with Gasteiger partial charge in [-0.2, -0.15) is 5.10 Å². The summed E-state index contributed by atoms with van der Waals surface area (Å²) < 4.78 is 11.7. The van der Waals surface area contributed by atoms with Crippen LogP contribution in [0.1, 0.15) is 16.1 Å². The lowest BCUT2D eigenvalue weighted by Gasteiger charge is -2.05. The first-order chi connectivity index (χ1) is 9.10. The lowest BCUT2D eigenvalue weighted by atomic mass is 10.2. The topological polar surface area (TPSA) is 79.4 Å². The van der Waals surface area contributed by atoms with Crippen LogP contribution in [0.15, 0.2) is 30.5 Å². The van der Waals surface area contributed by atoms with Gasteiger partial charge in [0, 0.05) is 13.2 Å². The van der Waals surface area contributed by atoms with E-state index in [2.05, 4.69) is 5.10 Å². The number of aryl methyl sites for hydroxylation is 1. The fourth-order valence-corrected chi connectivity index (χ4v) is 1.60. The minimum Gasteiger partial charge on any atom is -0.497 e. The SMILES string of the molecule is COc1ccc(COC(=O)c2nn(C)cc2N)cc1. The highest BCUT2D eigenvalue weighted by molar-refractivity contribution is 5.92. The van der Waals surface area contributed by atoms with Crippen molar-refractivity contribution in [1.29, 1.82) is 0 Å². The van der Waals surface area contributed by atoms with Gasteiger partial charge in [0.2, 0.25) is 0 Å². The first-order valence-electron chi connectivity index (χ1n) is 5.69. The van der Waals surface area contributed by atoms with Crippen molar-refractivity contribution in [2.24, 2.45) is 7.05 Å². The van der Waals surface area contributed by atoms with E-state index in [4.69, 9.17) is 15.2 Å². The van der Waals surface area contributed by atoms with E-state index in [0.717, 1.165) is 11.3 Å². The average Bonchev–Trinajstić information content (AvgIpc) is 2.75. The van der Waals surface area contributed by atoms with Crippen LogP contribution in [0.3, 0.4) is 0 Å². The van der Waals surface area contributed by atoms with Crippen molar-refractivity contribution >= 4 is 11.7 Å². The monoisotopic (exact) mass is 261 g/mol. The number of rotatable bonds is 4. The Balaban J connectivity index is 1.98. The van der Waals surface area contributed by atoms with Crippen LogP contribution in [0.25, 0.3) is 0 Å². The second kappa shape index (κ2) is 5.43. The van der Waals surface area contributed by atoms with Gasteiger partial charge in [0.15, 0.2) is 5.69 Å². The number of hydrogen-bond donors (Lipinski definition) is 1. The molecule has 2 rings (SSSR count). The fraction of sp³-hybridized carbons (Fsp3) is 0.231. The Labute approximate surface area is 110 Å². The number of ether oxygens (including phenoxy) is 2. The zero-order valence-electron chi connectivity index (χ0n) is 10.8. The Bertz CT molecular complexity index is 575. The molecule has 0 bridgehead atoms. The molecule has 0 saturated carbocycles. The van der Waals surface area contributed by atoms with Crippen LogP contribution >= 0.6 is 0 Å². The number of hydrogen-bond acceptors (Lipinski definition) is 5. The molecule has 0 amide bonds. The van der Waals surface area contributed by atoms with Crippen LogP contribution in [0.4, 0.5) is 5.69 Å². The predicted octanol–water partition coefficient (Wildman–Crippen LogP) is 1.37. The molecule has 6 nitrogen and oxygen atoms in total. The Morgan fingerprint density at radius 1 is 1.37 bits per heavy atom. The van der Waals surface area contributed by atoms with E-state index in [-0.39, 0.29) is 12.3 Å². The summed E-state index contributed by atoms with van der Waals surface area (Å²) >= 11 is 0. The van der Waals surface area contributed by atoms with Crippen LogP contribution in [0.2, 0.25) is 0 Å². The highest BCUT2D eigenvalue weighted by Crippen LogP contribution is 2.14. The number of nitrogens with zero attached hydrogens (tertiary/aromatic N) is 2. The van der Waals surface area contributed by atoms with Gasteiger partial charge < -0.3 is 15.2 Å². The lowest BCUT2D eigenvalue weighted by Crippen LogP contribution is -2.08. The molecule has 0 spiro atoms. The fourth-order valence-electron chi connectivity index (χ4n) is 1.60. The number of nitrogen functional groups attached to an aromatic ring is 1. The molecular weight excluding hydrogens is 246 g/mol. The van der Waals surface area contributed by atoms with E-state index >= 15 is 0 Å². The molecule has 2 N–H and O–H groups in total. The summed E-state index contributed by atoms with van der Waals surface area (Å²) in [5.74, 6) is 0.220. The van der Waals surface area contributed by atoms with Crippen molar-refractivity contribution in [1.82, 2.24) is 9.78 Å². The number of methoxy groups -OCH3 is 1. The molecular formula is C13H15N3O3. The van der Waals surface area contributed by atoms with Gasteiger partial charge in [-0.25, -0.2) is 4.79 Å². The molecule has 2 aromatic rings. The average molecular weight is 261 g/mol. The molecule has 0 unspecified atom stereocenters. The quantitative estimate of drug-likeness (QED) is 0.841. The van der Waals surface area contributed by atoms with E-state index < -0.39 is 5.97 Å². The molecule has 6 heteroatoms. The maximum Gasteiger partial charge on any atom is 0.361 e. The third-order valence-electron chi connectivity index (χ3n) is 2.58. The van der Waals surface area contributed by atoms with E-state index in [1.807, 2.05) is 12.1 Å². The summed E-state index contributed by atoms with van der Waals surface area (Å²) in [6.07, 6.45) is 1.56. The smallest absolute Gasteiger partial charge is 0.361 e. The van der Waals surface area contributed by atoms with Gasteiger partial charge in [0.1, 0.15) is 12.4 Å². The zero-order chi connectivity index (χ0) is 13.8. The highest BCUT2D eigenvalue weighted by atomic mass is 16.5. The Morgan fingerprint density at radius 3 is 2.58 bits per heavy atom. The van der Waals surface area contributed by atoms with Gasteiger partial charge in [0.25, 0.3) is 0 Å². The molecule has 0 atom stereocenters. The number of benzene rings is 1. The standard InChI is InChI=1S/C13H15N3O3/c1-16-7-11(14)12(15-16)13(17)19-8-9-3-5-10(18-2)6-4-9/h3-7H,8,14H2,1-2H3. The number of carbonyl (C=O) groups excluding carboxylic acids is 1. The second-order valence-corrected chi connectivity index (χ2v) is 4.03. The van der Waals surface area contributed by atoms with Crippen molar-refractivity contribution in [2.75, 3.05) is 12.8 Å². The van der Waals surface area contributed by atoms with Crippen molar-refractivity contribution in [3.8, 4) is 5.75 Å². The Hall–Kier alpha value is -2.50. The van der Waals surface area contributed by atoms with E-state index in [1.54, 1.807) is 32.5 Å². The van der Waals surface area contributed by atoms with Crippen LogP contribution < -0.4 is 10.5 Å². The number of carbonyl (C=O) groups is 1. The second-order valence-electron chi connectivity index (χ2n) is 4.03. The van der Waals surface area contributed by atoms with Crippen molar-refractivity contribution in [2.45, 2.75) is 6.61 Å². The highest BCUT2D eigenvalue weighted by Gasteiger charge is 2.15. The zero-order valence-corrected chi connectivity index (χ0v) is 10.8. The Kier molecular flexibility index (Phi) is 3.70. The van der Waals surface area contributed by atoms with E-state index in [0.29, 0.717) is 5.69 Å². The molecule has 0 aliphatic rings. The summed E-state index contributed by atoms with van der Waals surface area (Å²) in [5.41, 5.74) is 6.96. The third-order valence-corrected chi connectivity index (χ3v) is 2.58. The molecule has 1 aromatic carbocycles. The molecule has 0 fully saturated rings. The maximum atomic E-state index is 11.8. The largest absolute Gasteiger partial charge is 0.497 e. The summed E-state index contributed by atoms with van der Waals surface area (Å²) in [4.78, 5) is 11.8. The summed E-state index contributed by atoms with van der Waals surface area (Å²) in [6, 6.07) is 7.26. The van der Waals surface area contributed by atoms with Crippen LogP contribution in [-0.4, -0.2) is 22.9 Å². The lowest BCUT2D eigenvalue weighted by molar-refractivity contribution is 0.0466. The van der Waals surface area contributed by atoms with E-state index in [1.165, 1.54) is 4.68 Å². The van der Waals surface area contributed by atoms with Crippen LogP contribution in [-0.2, 0) is 18.4 Å². The van der Waals surface area contributed by atoms with Crippen LogP contribution in [0.5, 0.6) is 5.75 Å². The first-order valence-corrected chi connectivity index (χ1v) is 5.69. The summed E-state index contributed by atoms with van der Waals surface area (Å²) in [7, 11) is 3.29. The maximum absolute atomic E-state index is 11.8. The van der Waals surface area contributed by atoms with Gasteiger partial charge in [-0.1, -0.05) is 12.1 Å². The number of aromatic nitrogens is 2. The third kappa shape index (κ3) is 3.04. The molecule has 100 valence electrons. The van der Waals surface area contributed by atoms with Gasteiger partial charge in [-0.05, 0) is 17.7 Å². The van der Waals surface area contributed by atoms with E-state index in [9.17, 15) is 4.79 Å². The van der Waals surface area contributed by atoms with Gasteiger partial charge >= 0.3 is 5.97 Å². The van der Waals surface area contributed by atoms with Gasteiger partial charge in [0.05, 0.1) is 12.8 Å². The summed E-state index contributed by atoms with van der Waals surface area (Å²) in [6.45, 7) is 0.166. The van der Waals surface area contributed by atoms with Crippen molar-refractivity contribution in [3.63, 3.8) is 0 Å². The minimum absolute atomic E-state index is 0.135. The normalized spacial score (nSPS) is 10.2. The molecule has 0 saturated heterocycles. The number of anilines is 1. The van der Waals surface area contributed by atoms with Crippen LogP contribution in [0, 0.1) is 0 Å². The first kappa shape index (κ1) is 12.9. The molecule has 0 aliphatic carbocycles. The molecule has 19 heavy (non-hydrogen) atoms.